The molecule has 0 bridgehead atoms. The van der Waals surface area contributed by atoms with Gasteiger partial charge in [-0.25, -0.2) is 0 Å². The first kappa shape index (κ1) is 14.7. The average molecular weight is 375 g/mol. The molecule has 0 spiro atoms. The number of alkyl halides is 1. The smallest absolute Gasteiger partial charge is 0.273 e. The highest BCUT2D eigenvalue weighted by atomic mass is 127. The van der Waals surface area contributed by atoms with Gasteiger partial charge in [0.1, 0.15) is 0 Å². The molecule has 19 heavy (non-hydrogen) atoms. The second kappa shape index (κ2) is 7.16. The van der Waals surface area contributed by atoms with Crippen LogP contribution in [0.5, 0.6) is 0 Å². The van der Waals surface area contributed by atoms with E-state index in [1.165, 1.54) is 0 Å². The van der Waals surface area contributed by atoms with Crippen molar-refractivity contribution in [2.24, 2.45) is 0 Å². The molecule has 0 unspecified atom stereocenters. The maximum Gasteiger partial charge on any atom is 0.273 e. The molecule has 6 heteroatoms. The summed E-state index contributed by atoms with van der Waals surface area (Å²) in [6.07, 6.45) is 2.17. The van der Waals surface area contributed by atoms with Crippen molar-refractivity contribution in [2.45, 2.75) is 29.9 Å². The van der Waals surface area contributed by atoms with E-state index in [1.807, 2.05) is 12.1 Å². The lowest BCUT2D eigenvalue weighted by atomic mass is 10.1. The Morgan fingerprint density at radius 2 is 2.16 bits per heavy atom. The van der Waals surface area contributed by atoms with Crippen LogP contribution in [0.1, 0.15) is 24.0 Å². The summed E-state index contributed by atoms with van der Waals surface area (Å²) in [5.74, 6) is 0. The van der Waals surface area contributed by atoms with Gasteiger partial charge in [-0.3, -0.25) is 10.1 Å². The summed E-state index contributed by atoms with van der Waals surface area (Å²) < 4.78 is 0.871. The van der Waals surface area contributed by atoms with Gasteiger partial charge in [0.25, 0.3) is 5.69 Å². The molecule has 0 atom stereocenters. The number of nitro groups is 1. The van der Waals surface area contributed by atoms with Crippen LogP contribution in [0, 0.1) is 10.1 Å². The fourth-order valence-electron chi connectivity index (χ4n) is 2.32. The summed E-state index contributed by atoms with van der Waals surface area (Å²) in [6.45, 7) is 2.62. The molecule has 0 saturated carbocycles. The Morgan fingerprint density at radius 3 is 2.79 bits per heavy atom. The normalized spacial score (nSPS) is 16.5. The third-order valence-corrected chi connectivity index (χ3v) is 4.30. The van der Waals surface area contributed by atoms with E-state index in [9.17, 15) is 10.1 Å². The van der Waals surface area contributed by atoms with Gasteiger partial charge in [-0.05, 0) is 37.6 Å². The molecule has 104 valence electrons. The van der Waals surface area contributed by atoms with E-state index in [0.717, 1.165) is 41.5 Å². The molecule has 1 heterocycles. The van der Waals surface area contributed by atoms with Crippen LogP contribution in [-0.2, 0) is 11.0 Å². The van der Waals surface area contributed by atoms with Crippen LogP contribution in [0.15, 0.2) is 18.2 Å². The molecule has 5 nitrogen and oxygen atoms in total. The van der Waals surface area contributed by atoms with Crippen molar-refractivity contribution < 1.29 is 4.92 Å². The van der Waals surface area contributed by atoms with Crippen molar-refractivity contribution in [2.75, 3.05) is 13.1 Å². The third-order valence-electron chi connectivity index (χ3n) is 3.42. The lowest BCUT2D eigenvalue weighted by molar-refractivity contribution is -0.385. The van der Waals surface area contributed by atoms with E-state index in [-0.39, 0.29) is 10.6 Å². The van der Waals surface area contributed by atoms with Crippen molar-refractivity contribution in [3.05, 3.63) is 39.4 Å². The fraction of sp³-hybridized carbons (Fsp3) is 0.538. The molecule has 2 rings (SSSR count). The largest absolute Gasteiger partial charge is 0.317 e. The molecule has 0 amide bonds. The highest BCUT2D eigenvalue weighted by Crippen LogP contribution is 2.21. The standard InChI is InChI=1S/C13H18IN3O2/c14-8-10-1-2-13(17(18)19)11(7-10)9-16-12-3-5-15-6-4-12/h1-2,7,12,15-16H,3-6,8-9H2. The second-order valence-corrected chi connectivity index (χ2v) is 5.52. The van der Waals surface area contributed by atoms with Crippen molar-refractivity contribution in [1.82, 2.24) is 10.6 Å². The van der Waals surface area contributed by atoms with Gasteiger partial charge in [-0.15, -0.1) is 0 Å². The fourth-order valence-corrected chi connectivity index (χ4v) is 2.80. The van der Waals surface area contributed by atoms with Gasteiger partial charge in [-0.2, -0.15) is 0 Å². The lowest BCUT2D eigenvalue weighted by Gasteiger charge is -2.23. The second-order valence-electron chi connectivity index (χ2n) is 4.76. The predicted molar refractivity (Wildman–Crippen MR) is 83.6 cm³/mol. The molecule has 1 fully saturated rings. The summed E-state index contributed by atoms with van der Waals surface area (Å²) in [6, 6.07) is 5.86. The summed E-state index contributed by atoms with van der Waals surface area (Å²) in [5, 5.41) is 17.8. The first-order valence-electron chi connectivity index (χ1n) is 6.47. The van der Waals surface area contributed by atoms with Crippen LogP contribution < -0.4 is 10.6 Å². The van der Waals surface area contributed by atoms with Gasteiger partial charge in [-0.1, -0.05) is 28.7 Å². The van der Waals surface area contributed by atoms with E-state index in [0.29, 0.717) is 12.6 Å². The molecule has 0 aromatic heterocycles. The highest BCUT2D eigenvalue weighted by molar-refractivity contribution is 14.1. The Bertz CT molecular complexity index is 448. The van der Waals surface area contributed by atoms with Gasteiger partial charge in [0.15, 0.2) is 0 Å². The van der Waals surface area contributed by atoms with Gasteiger partial charge < -0.3 is 10.6 Å². The minimum Gasteiger partial charge on any atom is -0.317 e. The zero-order valence-corrected chi connectivity index (χ0v) is 12.9. The SMILES string of the molecule is O=[N+]([O-])c1ccc(CI)cc1CNC1CCNCC1. The van der Waals surface area contributed by atoms with Crippen LogP contribution >= 0.6 is 22.6 Å². The molecule has 1 aromatic carbocycles. The van der Waals surface area contributed by atoms with Crippen LogP contribution in [0.25, 0.3) is 0 Å². The molecule has 2 N–H and O–H groups in total. The van der Waals surface area contributed by atoms with Crippen molar-refractivity contribution in [1.29, 1.82) is 0 Å². The van der Waals surface area contributed by atoms with Crippen LogP contribution in [0.2, 0.25) is 0 Å². The molecule has 1 aliphatic heterocycles. The van der Waals surface area contributed by atoms with Crippen LogP contribution in [0.3, 0.4) is 0 Å². The number of nitro benzene ring substituents is 1. The van der Waals surface area contributed by atoms with Crippen molar-refractivity contribution in [3.8, 4) is 0 Å². The third kappa shape index (κ3) is 4.12. The Hall–Kier alpha value is -0.730. The van der Waals surface area contributed by atoms with Crippen LogP contribution in [-0.4, -0.2) is 24.1 Å². The molecule has 0 aliphatic carbocycles. The van der Waals surface area contributed by atoms with Gasteiger partial charge in [0.05, 0.1) is 4.92 Å². The average Bonchev–Trinajstić information content (AvgIpc) is 2.45. The summed E-state index contributed by atoms with van der Waals surface area (Å²) in [7, 11) is 0. The number of piperidine rings is 1. The van der Waals surface area contributed by atoms with Gasteiger partial charge in [0.2, 0.25) is 0 Å². The number of nitrogens with zero attached hydrogens (tertiary/aromatic N) is 1. The zero-order chi connectivity index (χ0) is 13.7. The van der Waals surface area contributed by atoms with Gasteiger partial charge >= 0.3 is 0 Å². The van der Waals surface area contributed by atoms with Crippen molar-refractivity contribution in [3.63, 3.8) is 0 Å². The maximum atomic E-state index is 11.0. The molecular weight excluding hydrogens is 357 g/mol. The summed E-state index contributed by atoms with van der Waals surface area (Å²) in [4.78, 5) is 10.7. The number of hydrogen-bond acceptors (Lipinski definition) is 4. The topological polar surface area (TPSA) is 67.2 Å². The molecular formula is C13H18IN3O2. The van der Waals surface area contributed by atoms with E-state index >= 15 is 0 Å². The first-order valence-corrected chi connectivity index (χ1v) is 7.99. The predicted octanol–water partition coefficient (Wildman–Crippen LogP) is 2.37. The molecule has 1 aliphatic rings. The number of halogens is 1. The molecule has 1 saturated heterocycles. The molecule has 0 radical (unpaired) electrons. The maximum absolute atomic E-state index is 11.0. The van der Waals surface area contributed by atoms with Gasteiger partial charge in [0, 0.05) is 28.6 Å². The van der Waals surface area contributed by atoms with E-state index in [4.69, 9.17) is 0 Å². The Kier molecular flexibility index (Phi) is 5.53. The zero-order valence-electron chi connectivity index (χ0n) is 10.7. The monoisotopic (exact) mass is 375 g/mol. The minimum absolute atomic E-state index is 0.218. The molecule has 1 aromatic rings. The summed E-state index contributed by atoms with van der Waals surface area (Å²) in [5.41, 5.74) is 2.14. The van der Waals surface area contributed by atoms with Crippen molar-refractivity contribution >= 4 is 28.3 Å². The Morgan fingerprint density at radius 1 is 1.42 bits per heavy atom. The van der Waals surface area contributed by atoms with E-state index < -0.39 is 0 Å². The first-order chi connectivity index (χ1) is 9.20. The summed E-state index contributed by atoms with van der Waals surface area (Å²) >= 11 is 2.27. The van der Waals surface area contributed by atoms with Crippen LogP contribution in [0.4, 0.5) is 5.69 Å². The number of hydrogen-bond donors (Lipinski definition) is 2. The quantitative estimate of drug-likeness (QED) is 0.359. The minimum atomic E-state index is -0.295. The lowest BCUT2D eigenvalue weighted by Crippen LogP contribution is -2.39. The Labute approximate surface area is 126 Å². The Balaban J connectivity index is 2.06. The highest BCUT2D eigenvalue weighted by Gasteiger charge is 2.17. The van der Waals surface area contributed by atoms with E-state index in [2.05, 4.69) is 33.2 Å². The number of benzene rings is 1. The van der Waals surface area contributed by atoms with E-state index in [1.54, 1.807) is 6.07 Å². The number of nitrogens with one attached hydrogen (secondary N) is 2. The number of rotatable bonds is 5.